The summed E-state index contributed by atoms with van der Waals surface area (Å²) in [6, 6.07) is 0. The van der Waals surface area contributed by atoms with Gasteiger partial charge in [-0.3, -0.25) is 4.68 Å². The van der Waals surface area contributed by atoms with Crippen molar-refractivity contribution in [3.63, 3.8) is 0 Å². The lowest BCUT2D eigenvalue weighted by Gasteiger charge is -2.28. The lowest BCUT2D eigenvalue weighted by molar-refractivity contribution is -0.904. The average Bonchev–Trinajstić information content (AvgIpc) is 2.96. The van der Waals surface area contributed by atoms with Crippen LogP contribution in [0.5, 0.6) is 0 Å². The summed E-state index contributed by atoms with van der Waals surface area (Å²) < 4.78 is 2.92. The molecule has 0 bridgehead atoms. The Balaban J connectivity index is 2.58. The van der Waals surface area contributed by atoms with Crippen molar-refractivity contribution in [1.82, 2.24) is 19.9 Å². The third-order valence-electron chi connectivity index (χ3n) is 4.14. The lowest BCUT2D eigenvalue weighted by atomic mass is 10.3. The molecule has 0 fully saturated rings. The number of nitrogens with zero attached hydrogens (tertiary/aromatic N) is 5. The molecule has 0 unspecified atom stereocenters. The van der Waals surface area contributed by atoms with Crippen molar-refractivity contribution in [3.8, 4) is 0 Å². The van der Waals surface area contributed by atoms with Crippen molar-refractivity contribution in [2.45, 2.75) is 46.7 Å². The van der Waals surface area contributed by atoms with Crippen LogP contribution >= 0.6 is 0 Å². The molecular formula is C18H34N5+. The van der Waals surface area contributed by atoms with Crippen LogP contribution in [0.3, 0.4) is 0 Å². The summed E-state index contributed by atoms with van der Waals surface area (Å²) in [5, 5.41) is 8.63. The van der Waals surface area contributed by atoms with Crippen LogP contribution in [0.2, 0.25) is 0 Å². The van der Waals surface area contributed by atoms with Crippen molar-refractivity contribution in [2.24, 2.45) is 0 Å². The number of allylic oxidation sites excluding steroid dienone is 2. The fourth-order valence-corrected chi connectivity index (χ4v) is 2.75. The zero-order valence-electron chi connectivity index (χ0n) is 15.6. The highest BCUT2D eigenvalue weighted by Crippen LogP contribution is 2.09. The van der Waals surface area contributed by atoms with Crippen molar-refractivity contribution >= 4 is 0 Å². The first-order chi connectivity index (χ1) is 11.0. The van der Waals surface area contributed by atoms with Crippen LogP contribution in [0.1, 0.15) is 39.3 Å². The molecule has 0 saturated carbocycles. The number of rotatable bonds is 11. The van der Waals surface area contributed by atoms with E-state index in [2.05, 4.69) is 62.0 Å². The molecule has 0 amide bonds. The summed E-state index contributed by atoms with van der Waals surface area (Å²) in [4.78, 5) is 2.30. The van der Waals surface area contributed by atoms with Crippen molar-refractivity contribution in [1.29, 1.82) is 0 Å². The second-order valence-electron chi connectivity index (χ2n) is 6.64. The van der Waals surface area contributed by atoms with Gasteiger partial charge in [-0.15, -0.1) is 5.10 Å². The van der Waals surface area contributed by atoms with Crippen LogP contribution < -0.4 is 0 Å². The Hall–Kier alpha value is -1.62. The molecule has 0 saturated heterocycles. The van der Waals surface area contributed by atoms with E-state index in [4.69, 9.17) is 0 Å². The minimum Gasteiger partial charge on any atom is -0.370 e. The van der Waals surface area contributed by atoms with Crippen molar-refractivity contribution in [3.05, 3.63) is 36.3 Å². The third-order valence-corrected chi connectivity index (χ3v) is 4.14. The first-order valence-electron chi connectivity index (χ1n) is 8.70. The van der Waals surface area contributed by atoms with E-state index >= 15 is 0 Å². The molecule has 0 aliphatic carbocycles. The van der Waals surface area contributed by atoms with Gasteiger partial charge in [0.25, 0.3) is 0 Å². The molecule has 0 atom stereocenters. The topological polar surface area (TPSA) is 34.0 Å². The Bertz CT molecular complexity index is 501. The maximum Gasteiger partial charge on any atom is 0.137 e. The monoisotopic (exact) mass is 320 g/mol. The molecule has 1 rings (SSSR count). The Morgan fingerprint density at radius 2 is 2.13 bits per heavy atom. The Morgan fingerprint density at radius 3 is 2.70 bits per heavy atom. The van der Waals surface area contributed by atoms with Gasteiger partial charge in [-0.2, -0.15) is 0 Å². The number of unbranched alkanes of at least 4 members (excludes halogenated alkanes) is 1. The summed E-state index contributed by atoms with van der Waals surface area (Å²) in [5.74, 6) is 0. The molecule has 5 heteroatoms. The van der Waals surface area contributed by atoms with Gasteiger partial charge in [0.2, 0.25) is 0 Å². The van der Waals surface area contributed by atoms with E-state index in [1.54, 1.807) is 0 Å². The molecule has 1 aromatic rings. The molecule has 0 radical (unpaired) electrons. The van der Waals surface area contributed by atoms with Gasteiger partial charge >= 0.3 is 0 Å². The van der Waals surface area contributed by atoms with Crippen LogP contribution in [-0.2, 0) is 13.1 Å². The van der Waals surface area contributed by atoms with E-state index in [1.807, 2.05) is 17.7 Å². The van der Waals surface area contributed by atoms with Gasteiger partial charge in [-0.05, 0) is 26.3 Å². The third kappa shape index (κ3) is 6.57. The molecule has 1 aromatic heterocycles. The molecule has 0 spiro atoms. The number of hydrogen-bond acceptors (Lipinski definition) is 3. The molecule has 0 aliphatic heterocycles. The van der Waals surface area contributed by atoms with Crippen molar-refractivity contribution < 1.29 is 4.48 Å². The fraction of sp³-hybridized carbons (Fsp3) is 0.667. The largest absolute Gasteiger partial charge is 0.370 e. The maximum absolute atomic E-state index is 4.34. The van der Waals surface area contributed by atoms with E-state index in [0.717, 1.165) is 36.4 Å². The molecule has 1 heterocycles. The second-order valence-corrected chi connectivity index (χ2v) is 6.64. The summed E-state index contributed by atoms with van der Waals surface area (Å²) in [7, 11) is 4.52. The predicted molar refractivity (Wildman–Crippen MR) is 96.8 cm³/mol. The summed E-state index contributed by atoms with van der Waals surface area (Å²) in [6.07, 6.45) is 8.57. The van der Waals surface area contributed by atoms with E-state index in [-0.39, 0.29) is 0 Å². The van der Waals surface area contributed by atoms with Gasteiger partial charge < -0.3 is 9.38 Å². The lowest BCUT2D eigenvalue weighted by Crippen LogP contribution is -2.39. The molecule has 23 heavy (non-hydrogen) atoms. The predicted octanol–water partition coefficient (Wildman–Crippen LogP) is 3.07. The maximum atomic E-state index is 4.34. The van der Waals surface area contributed by atoms with Gasteiger partial charge in [0.15, 0.2) is 0 Å². The van der Waals surface area contributed by atoms with Gasteiger partial charge in [-0.25, -0.2) is 0 Å². The van der Waals surface area contributed by atoms with Gasteiger partial charge in [0.1, 0.15) is 12.2 Å². The number of aromatic nitrogens is 3. The fourth-order valence-electron chi connectivity index (χ4n) is 2.75. The van der Waals surface area contributed by atoms with E-state index < -0.39 is 0 Å². The molecule has 5 nitrogen and oxygen atoms in total. The molecule has 0 aliphatic rings. The number of likely N-dealkylation sites (N-methyl/N-ethyl adjacent to an activating group) is 1. The first-order valence-corrected chi connectivity index (χ1v) is 8.70. The normalized spacial score (nSPS) is 12.5. The highest BCUT2D eigenvalue weighted by Gasteiger charge is 2.17. The molecular weight excluding hydrogens is 286 g/mol. The number of quaternary nitrogens is 1. The summed E-state index contributed by atoms with van der Waals surface area (Å²) >= 11 is 0. The van der Waals surface area contributed by atoms with Crippen LogP contribution in [0, 0.1) is 0 Å². The number of hydrogen-bond donors (Lipinski definition) is 0. The van der Waals surface area contributed by atoms with Crippen LogP contribution in [0.15, 0.2) is 30.6 Å². The zero-order valence-corrected chi connectivity index (χ0v) is 15.6. The van der Waals surface area contributed by atoms with E-state index in [0.29, 0.717) is 0 Å². The van der Waals surface area contributed by atoms with E-state index in [9.17, 15) is 0 Å². The van der Waals surface area contributed by atoms with Gasteiger partial charge in [0.05, 0.1) is 33.4 Å². The van der Waals surface area contributed by atoms with Gasteiger partial charge in [0, 0.05) is 18.8 Å². The first kappa shape index (κ1) is 19.4. The summed E-state index contributed by atoms with van der Waals surface area (Å²) in [6.45, 7) is 15.2. The average molecular weight is 321 g/mol. The van der Waals surface area contributed by atoms with Crippen LogP contribution in [-0.4, -0.2) is 58.1 Å². The minimum absolute atomic E-state index is 0.842. The van der Waals surface area contributed by atoms with Crippen LogP contribution in [0.25, 0.3) is 0 Å². The molecule has 0 aromatic carbocycles. The van der Waals surface area contributed by atoms with Crippen LogP contribution in [0.4, 0.5) is 0 Å². The highest BCUT2D eigenvalue weighted by atomic mass is 15.4. The van der Waals surface area contributed by atoms with E-state index in [1.165, 1.54) is 25.1 Å². The SMILES string of the molecule is C=C/C(=C\C)N(CC)CCn1cc(C[N+](C)(C)CCCC)nn1. The Kier molecular flexibility index (Phi) is 8.03. The zero-order chi connectivity index (χ0) is 17.3. The van der Waals surface area contributed by atoms with Gasteiger partial charge in [-0.1, -0.05) is 31.2 Å². The highest BCUT2D eigenvalue weighted by molar-refractivity contribution is 5.13. The Morgan fingerprint density at radius 1 is 1.39 bits per heavy atom. The minimum atomic E-state index is 0.842. The molecule has 0 N–H and O–H groups in total. The smallest absolute Gasteiger partial charge is 0.137 e. The second kappa shape index (κ2) is 9.50. The molecule has 130 valence electrons. The van der Waals surface area contributed by atoms with Crippen molar-refractivity contribution in [2.75, 3.05) is 33.7 Å². The quantitative estimate of drug-likeness (QED) is 0.464. The Labute approximate surface area is 141 Å². The standard InChI is InChI=1S/C18H34N5/c1-7-11-14-23(5,6)16-17-15-22(20-19-17)13-12-21(10-4)18(8-2)9-3/h8-9,15H,2,7,10-14,16H2,1,3-6H3/q+1/b18-9+. The summed E-state index contributed by atoms with van der Waals surface area (Å²) in [5.41, 5.74) is 2.24.